The highest BCUT2D eigenvalue weighted by Crippen LogP contribution is 2.32. The number of hydrogen-bond donors (Lipinski definition) is 1. The number of rotatable bonds is 4. The number of piperidine rings is 1. The Bertz CT molecular complexity index is 815. The third-order valence-corrected chi connectivity index (χ3v) is 4.75. The molecule has 0 bridgehead atoms. The number of anilines is 3. The Morgan fingerprint density at radius 1 is 1.26 bits per heavy atom. The molecular formula is C18H21N5O4. The van der Waals surface area contributed by atoms with Gasteiger partial charge in [-0.2, -0.15) is 10.1 Å². The molecule has 0 aliphatic carbocycles. The molecule has 0 saturated carbocycles. The smallest absolute Gasteiger partial charge is 0.337 e. The van der Waals surface area contributed by atoms with Crippen LogP contribution in [0.5, 0.6) is 0 Å². The zero-order valence-corrected chi connectivity index (χ0v) is 15.1. The largest absolute Gasteiger partial charge is 0.465 e. The first kappa shape index (κ1) is 17.6. The predicted molar refractivity (Wildman–Crippen MR) is 97.0 cm³/mol. The van der Waals surface area contributed by atoms with E-state index in [0.29, 0.717) is 30.4 Å². The number of benzene rings is 1. The fraction of sp³-hybridized carbons (Fsp3) is 0.444. The Balaban J connectivity index is 1.45. The normalized spacial score (nSPS) is 18.5. The number of methoxy groups -OCH3 is 1. The Kier molecular flexibility index (Phi) is 4.87. The molecule has 0 amide bonds. The highest BCUT2D eigenvalue weighted by Gasteiger charge is 2.40. The summed E-state index contributed by atoms with van der Waals surface area (Å²) in [6, 6.07) is 6.95. The molecule has 9 heteroatoms. The van der Waals surface area contributed by atoms with Gasteiger partial charge in [-0.1, -0.05) is 6.07 Å². The van der Waals surface area contributed by atoms with Crippen molar-refractivity contribution in [1.82, 2.24) is 15.2 Å². The summed E-state index contributed by atoms with van der Waals surface area (Å²) >= 11 is 0. The zero-order chi connectivity index (χ0) is 18.7. The summed E-state index contributed by atoms with van der Waals surface area (Å²) in [6.07, 6.45) is 3.23. The van der Waals surface area contributed by atoms with Crippen molar-refractivity contribution in [3.63, 3.8) is 0 Å². The van der Waals surface area contributed by atoms with Crippen molar-refractivity contribution in [2.24, 2.45) is 0 Å². The molecule has 0 unspecified atom stereocenters. The molecule has 2 fully saturated rings. The number of esters is 1. The molecule has 142 valence electrons. The summed E-state index contributed by atoms with van der Waals surface area (Å²) in [4.78, 5) is 18.3. The maximum absolute atomic E-state index is 11.7. The second kappa shape index (κ2) is 7.45. The van der Waals surface area contributed by atoms with Gasteiger partial charge in [0, 0.05) is 31.6 Å². The van der Waals surface area contributed by atoms with E-state index in [4.69, 9.17) is 14.2 Å². The van der Waals surface area contributed by atoms with E-state index in [1.165, 1.54) is 7.11 Å². The fourth-order valence-electron chi connectivity index (χ4n) is 3.33. The van der Waals surface area contributed by atoms with Crippen LogP contribution in [0.25, 0.3) is 0 Å². The molecule has 1 aromatic heterocycles. The Labute approximate surface area is 156 Å². The van der Waals surface area contributed by atoms with Crippen molar-refractivity contribution in [3.8, 4) is 0 Å². The van der Waals surface area contributed by atoms with Crippen molar-refractivity contribution in [2.75, 3.05) is 43.6 Å². The van der Waals surface area contributed by atoms with Gasteiger partial charge in [-0.15, -0.1) is 5.10 Å². The van der Waals surface area contributed by atoms with Crippen LogP contribution in [0.15, 0.2) is 30.5 Å². The Morgan fingerprint density at radius 2 is 2.04 bits per heavy atom. The number of aromatic nitrogens is 3. The first-order valence-electron chi connectivity index (χ1n) is 8.85. The van der Waals surface area contributed by atoms with Gasteiger partial charge in [-0.05, 0) is 18.2 Å². The number of hydrogen-bond acceptors (Lipinski definition) is 9. The van der Waals surface area contributed by atoms with Crippen LogP contribution in [-0.4, -0.2) is 60.4 Å². The minimum atomic E-state index is -0.424. The molecule has 9 nitrogen and oxygen atoms in total. The first-order valence-corrected chi connectivity index (χ1v) is 8.85. The van der Waals surface area contributed by atoms with E-state index < -0.39 is 11.8 Å². The van der Waals surface area contributed by atoms with E-state index in [-0.39, 0.29) is 0 Å². The second-order valence-corrected chi connectivity index (χ2v) is 6.43. The number of carbonyl (C=O) groups excluding carboxylic acids is 1. The average Bonchev–Trinajstić information content (AvgIpc) is 3.16. The molecule has 0 radical (unpaired) electrons. The summed E-state index contributed by atoms with van der Waals surface area (Å²) in [5.41, 5.74) is 1.13. The monoisotopic (exact) mass is 371 g/mol. The number of carbonyl (C=O) groups is 1. The molecule has 1 spiro atoms. The lowest BCUT2D eigenvalue weighted by atomic mass is 10.0. The molecule has 2 aliphatic heterocycles. The number of nitrogens with one attached hydrogen (secondary N) is 1. The fourth-order valence-corrected chi connectivity index (χ4v) is 3.33. The van der Waals surface area contributed by atoms with E-state index in [1.807, 2.05) is 6.07 Å². The highest BCUT2D eigenvalue weighted by atomic mass is 16.7. The van der Waals surface area contributed by atoms with Gasteiger partial charge in [0.2, 0.25) is 5.95 Å². The van der Waals surface area contributed by atoms with Gasteiger partial charge in [0.15, 0.2) is 11.6 Å². The predicted octanol–water partition coefficient (Wildman–Crippen LogP) is 1.75. The molecule has 2 aliphatic rings. The minimum Gasteiger partial charge on any atom is -0.465 e. The van der Waals surface area contributed by atoms with Gasteiger partial charge >= 0.3 is 5.97 Å². The van der Waals surface area contributed by atoms with Crippen molar-refractivity contribution in [1.29, 1.82) is 0 Å². The van der Waals surface area contributed by atoms with Crippen molar-refractivity contribution in [3.05, 3.63) is 36.0 Å². The van der Waals surface area contributed by atoms with E-state index in [0.717, 1.165) is 31.7 Å². The van der Waals surface area contributed by atoms with Gasteiger partial charge in [-0.3, -0.25) is 0 Å². The molecule has 1 aromatic carbocycles. The summed E-state index contributed by atoms with van der Waals surface area (Å²) in [7, 11) is 1.35. The third kappa shape index (κ3) is 3.83. The molecule has 3 heterocycles. The topological polar surface area (TPSA) is 98.7 Å². The van der Waals surface area contributed by atoms with Crippen molar-refractivity contribution >= 4 is 23.4 Å². The summed E-state index contributed by atoms with van der Waals surface area (Å²) < 4.78 is 16.3. The average molecular weight is 371 g/mol. The highest BCUT2D eigenvalue weighted by molar-refractivity contribution is 5.90. The van der Waals surface area contributed by atoms with Crippen molar-refractivity contribution < 1.29 is 19.0 Å². The van der Waals surface area contributed by atoms with Crippen LogP contribution in [0.3, 0.4) is 0 Å². The van der Waals surface area contributed by atoms with Crippen LogP contribution < -0.4 is 10.2 Å². The lowest BCUT2D eigenvalue weighted by Gasteiger charge is -2.37. The lowest BCUT2D eigenvalue weighted by molar-refractivity contribution is -0.169. The molecule has 2 aromatic rings. The molecule has 1 N–H and O–H groups in total. The first-order chi connectivity index (χ1) is 13.2. The maximum atomic E-state index is 11.7. The molecular weight excluding hydrogens is 350 g/mol. The molecule has 2 saturated heterocycles. The summed E-state index contributed by atoms with van der Waals surface area (Å²) in [5.74, 6) is 0.282. The SMILES string of the molecule is COC(=O)c1cccc(Nc2nncc(N3CCC4(CC3)OCCO4)n2)c1. The van der Waals surface area contributed by atoms with Crippen LogP contribution in [0.1, 0.15) is 23.2 Å². The van der Waals surface area contributed by atoms with Crippen LogP contribution in [0.2, 0.25) is 0 Å². The van der Waals surface area contributed by atoms with E-state index in [1.54, 1.807) is 24.4 Å². The third-order valence-electron chi connectivity index (χ3n) is 4.75. The van der Waals surface area contributed by atoms with E-state index in [2.05, 4.69) is 25.4 Å². The quantitative estimate of drug-likeness (QED) is 0.806. The molecule has 0 atom stereocenters. The Hall–Kier alpha value is -2.78. The van der Waals surface area contributed by atoms with Gasteiger partial charge in [0.25, 0.3) is 0 Å². The molecule has 4 rings (SSSR count). The van der Waals surface area contributed by atoms with E-state index >= 15 is 0 Å². The van der Waals surface area contributed by atoms with Gasteiger partial charge in [0.05, 0.1) is 32.1 Å². The maximum Gasteiger partial charge on any atom is 0.337 e. The zero-order valence-electron chi connectivity index (χ0n) is 15.1. The standard InChI is InChI=1S/C18H21N5O4/c1-25-16(24)13-3-2-4-14(11-13)20-17-21-15(12-19-22-17)23-7-5-18(6-8-23)26-9-10-27-18/h2-4,11-12H,5-10H2,1H3,(H,20,21,22). The van der Waals surface area contributed by atoms with Crippen LogP contribution >= 0.6 is 0 Å². The molecule has 27 heavy (non-hydrogen) atoms. The number of nitrogens with zero attached hydrogens (tertiary/aromatic N) is 4. The van der Waals surface area contributed by atoms with Crippen molar-refractivity contribution in [2.45, 2.75) is 18.6 Å². The van der Waals surface area contributed by atoms with E-state index in [9.17, 15) is 4.79 Å². The van der Waals surface area contributed by atoms with Gasteiger partial charge < -0.3 is 24.4 Å². The van der Waals surface area contributed by atoms with Crippen LogP contribution in [0.4, 0.5) is 17.5 Å². The Morgan fingerprint density at radius 3 is 2.78 bits per heavy atom. The van der Waals surface area contributed by atoms with Crippen LogP contribution in [0, 0.1) is 0 Å². The minimum absolute atomic E-state index is 0.364. The number of ether oxygens (including phenoxy) is 3. The second-order valence-electron chi connectivity index (χ2n) is 6.43. The summed E-state index contributed by atoms with van der Waals surface area (Å²) in [5, 5.41) is 11.2. The van der Waals surface area contributed by atoms with Gasteiger partial charge in [-0.25, -0.2) is 4.79 Å². The lowest BCUT2D eigenvalue weighted by Crippen LogP contribution is -2.45. The van der Waals surface area contributed by atoms with Crippen LogP contribution in [-0.2, 0) is 14.2 Å². The van der Waals surface area contributed by atoms with Gasteiger partial charge in [0.1, 0.15) is 0 Å². The summed E-state index contributed by atoms with van der Waals surface area (Å²) in [6.45, 7) is 2.87.